The molecule has 0 aliphatic rings. The smallest absolute Gasteiger partial charge is 0.233 e. The quantitative estimate of drug-likeness (QED) is 0.672. The maximum absolute atomic E-state index is 11.2. The molecule has 3 nitrogen and oxygen atoms in total. The molecule has 0 aromatic carbocycles. The number of carbonyl (C=O) groups is 1. The van der Waals surface area contributed by atoms with E-state index in [0.717, 1.165) is 13.1 Å². The number of carbonyl (C=O) groups excluding carboxylic acids is 1. The first kappa shape index (κ1) is 13.8. The highest BCUT2D eigenvalue weighted by Gasteiger charge is 2.03. The van der Waals surface area contributed by atoms with E-state index in [4.69, 9.17) is 0 Å². The van der Waals surface area contributed by atoms with Gasteiger partial charge in [0.05, 0.1) is 6.54 Å². The van der Waals surface area contributed by atoms with Gasteiger partial charge in [0, 0.05) is 18.3 Å². The number of thioether (sulfide) groups is 1. The zero-order chi connectivity index (χ0) is 11.0. The van der Waals surface area contributed by atoms with Crippen LogP contribution in [0.3, 0.4) is 0 Å². The number of amides is 1. The lowest BCUT2D eigenvalue weighted by Crippen LogP contribution is -2.37. The minimum absolute atomic E-state index is 0.0898. The molecule has 0 heterocycles. The Morgan fingerprint density at radius 3 is 2.43 bits per heavy atom. The summed E-state index contributed by atoms with van der Waals surface area (Å²) in [6.45, 7) is 8.39. The second-order valence-electron chi connectivity index (χ2n) is 3.88. The van der Waals surface area contributed by atoms with Gasteiger partial charge in [0.1, 0.15) is 0 Å². The molecule has 0 saturated carbocycles. The molecule has 0 spiro atoms. The number of rotatable bonds is 7. The van der Waals surface area contributed by atoms with Crippen molar-refractivity contribution in [3.8, 4) is 0 Å². The van der Waals surface area contributed by atoms with Crippen molar-refractivity contribution in [3.63, 3.8) is 0 Å². The third-order valence-electron chi connectivity index (χ3n) is 1.83. The van der Waals surface area contributed by atoms with Gasteiger partial charge >= 0.3 is 0 Å². The molecule has 1 amide bonds. The summed E-state index contributed by atoms with van der Waals surface area (Å²) < 4.78 is 0. The second kappa shape index (κ2) is 8.12. The van der Waals surface area contributed by atoms with Gasteiger partial charge in [-0.05, 0) is 12.2 Å². The minimum Gasteiger partial charge on any atom is -0.355 e. The van der Waals surface area contributed by atoms with Crippen LogP contribution in [0.2, 0.25) is 0 Å². The maximum atomic E-state index is 11.2. The third kappa shape index (κ3) is 8.38. The molecule has 0 fully saturated rings. The SMILES string of the molecule is CSC(C)CNCC(=O)NCC(C)C. The molecule has 0 aliphatic carbocycles. The van der Waals surface area contributed by atoms with E-state index >= 15 is 0 Å². The van der Waals surface area contributed by atoms with Crippen LogP contribution in [0.4, 0.5) is 0 Å². The van der Waals surface area contributed by atoms with E-state index in [9.17, 15) is 4.79 Å². The number of hydrogen-bond acceptors (Lipinski definition) is 3. The molecular formula is C10H22N2OS. The summed E-state index contributed by atoms with van der Waals surface area (Å²) in [6, 6.07) is 0. The van der Waals surface area contributed by atoms with Gasteiger partial charge in [-0.3, -0.25) is 4.79 Å². The minimum atomic E-state index is 0.0898. The fraction of sp³-hybridized carbons (Fsp3) is 0.900. The number of nitrogens with one attached hydrogen (secondary N) is 2. The number of hydrogen-bond donors (Lipinski definition) is 2. The molecule has 0 aliphatic heterocycles. The first-order valence-corrected chi connectivity index (χ1v) is 6.35. The fourth-order valence-corrected chi connectivity index (χ4v) is 1.14. The molecule has 0 radical (unpaired) electrons. The van der Waals surface area contributed by atoms with Gasteiger partial charge in [-0.1, -0.05) is 20.8 Å². The molecule has 1 unspecified atom stereocenters. The predicted octanol–water partition coefficient (Wildman–Crippen LogP) is 1.10. The maximum Gasteiger partial charge on any atom is 0.233 e. The average Bonchev–Trinajstić information content (AvgIpc) is 2.14. The second-order valence-corrected chi connectivity index (χ2v) is 5.15. The van der Waals surface area contributed by atoms with Gasteiger partial charge < -0.3 is 10.6 Å². The first-order valence-electron chi connectivity index (χ1n) is 5.06. The van der Waals surface area contributed by atoms with Crippen molar-refractivity contribution in [1.82, 2.24) is 10.6 Å². The van der Waals surface area contributed by atoms with Crippen LogP contribution in [-0.2, 0) is 4.79 Å². The van der Waals surface area contributed by atoms with Crippen LogP contribution in [0.25, 0.3) is 0 Å². The van der Waals surface area contributed by atoms with E-state index in [-0.39, 0.29) is 5.91 Å². The Balaban J connectivity index is 3.35. The first-order chi connectivity index (χ1) is 6.56. The van der Waals surface area contributed by atoms with Crippen LogP contribution in [0.15, 0.2) is 0 Å². The topological polar surface area (TPSA) is 41.1 Å². The van der Waals surface area contributed by atoms with Gasteiger partial charge in [0.25, 0.3) is 0 Å². The fourth-order valence-electron chi connectivity index (χ4n) is 0.853. The molecule has 84 valence electrons. The van der Waals surface area contributed by atoms with Crippen molar-refractivity contribution in [2.45, 2.75) is 26.0 Å². The Morgan fingerprint density at radius 2 is 1.93 bits per heavy atom. The monoisotopic (exact) mass is 218 g/mol. The van der Waals surface area contributed by atoms with Crippen LogP contribution in [0.5, 0.6) is 0 Å². The summed E-state index contributed by atoms with van der Waals surface area (Å²) in [7, 11) is 0. The molecular weight excluding hydrogens is 196 g/mol. The Morgan fingerprint density at radius 1 is 1.29 bits per heavy atom. The molecule has 4 heteroatoms. The molecule has 1 atom stereocenters. The van der Waals surface area contributed by atoms with Crippen LogP contribution in [0, 0.1) is 5.92 Å². The van der Waals surface area contributed by atoms with Crippen molar-refractivity contribution < 1.29 is 4.79 Å². The summed E-state index contributed by atoms with van der Waals surface area (Å²) in [4.78, 5) is 11.2. The third-order valence-corrected chi connectivity index (χ3v) is 2.80. The lowest BCUT2D eigenvalue weighted by molar-refractivity contribution is -0.120. The molecule has 14 heavy (non-hydrogen) atoms. The average molecular weight is 218 g/mol. The molecule has 2 N–H and O–H groups in total. The van der Waals surface area contributed by atoms with Crippen LogP contribution in [0.1, 0.15) is 20.8 Å². The normalized spacial score (nSPS) is 12.9. The summed E-state index contributed by atoms with van der Waals surface area (Å²) >= 11 is 1.80. The van der Waals surface area contributed by atoms with E-state index in [2.05, 4.69) is 37.7 Å². The molecule has 0 rings (SSSR count). The van der Waals surface area contributed by atoms with E-state index in [0.29, 0.717) is 17.7 Å². The van der Waals surface area contributed by atoms with E-state index in [1.807, 2.05) is 0 Å². The summed E-state index contributed by atoms with van der Waals surface area (Å²) in [6.07, 6.45) is 2.07. The van der Waals surface area contributed by atoms with Crippen molar-refractivity contribution in [2.75, 3.05) is 25.9 Å². The van der Waals surface area contributed by atoms with E-state index in [1.165, 1.54) is 0 Å². The zero-order valence-electron chi connectivity index (χ0n) is 9.59. The van der Waals surface area contributed by atoms with Crippen molar-refractivity contribution >= 4 is 17.7 Å². The van der Waals surface area contributed by atoms with Gasteiger partial charge in [-0.15, -0.1) is 0 Å². The molecule has 0 aromatic rings. The van der Waals surface area contributed by atoms with Gasteiger partial charge in [0.15, 0.2) is 0 Å². The lowest BCUT2D eigenvalue weighted by atomic mass is 10.2. The van der Waals surface area contributed by atoms with Crippen LogP contribution >= 0.6 is 11.8 Å². The highest BCUT2D eigenvalue weighted by molar-refractivity contribution is 7.99. The Hall–Kier alpha value is -0.220. The Bertz CT molecular complexity index is 162. The van der Waals surface area contributed by atoms with Crippen molar-refractivity contribution in [3.05, 3.63) is 0 Å². The standard InChI is InChI=1S/C10H22N2OS/c1-8(2)5-12-10(13)7-11-6-9(3)14-4/h8-9,11H,5-7H2,1-4H3,(H,12,13). The zero-order valence-corrected chi connectivity index (χ0v) is 10.4. The van der Waals surface area contributed by atoms with E-state index < -0.39 is 0 Å². The predicted molar refractivity (Wildman–Crippen MR) is 63.7 cm³/mol. The molecule has 0 bridgehead atoms. The highest BCUT2D eigenvalue weighted by atomic mass is 32.2. The van der Waals surface area contributed by atoms with Gasteiger partial charge in [-0.2, -0.15) is 11.8 Å². The van der Waals surface area contributed by atoms with Crippen LogP contribution in [-0.4, -0.2) is 37.0 Å². The Kier molecular flexibility index (Phi) is 7.99. The van der Waals surface area contributed by atoms with Crippen LogP contribution < -0.4 is 10.6 Å². The Labute approximate surface area is 91.4 Å². The van der Waals surface area contributed by atoms with Gasteiger partial charge in [-0.25, -0.2) is 0 Å². The van der Waals surface area contributed by atoms with Crippen molar-refractivity contribution in [1.29, 1.82) is 0 Å². The van der Waals surface area contributed by atoms with Crippen molar-refractivity contribution in [2.24, 2.45) is 5.92 Å². The van der Waals surface area contributed by atoms with E-state index in [1.54, 1.807) is 11.8 Å². The van der Waals surface area contributed by atoms with Gasteiger partial charge in [0.2, 0.25) is 5.91 Å². The summed E-state index contributed by atoms with van der Waals surface area (Å²) in [5.74, 6) is 0.607. The highest BCUT2D eigenvalue weighted by Crippen LogP contribution is 2.01. The summed E-state index contributed by atoms with van der Waals surface area (Å²) in [5, 5.41) is 6.56. The largest absolute Gasteiger partial charge is 0.355 e. The molecule has 0 aromatic heterocycles. The molecule has 0 saturated heterocycles. The lowest BCUT2D eigenvalue weighted by Gasteiger charge is -2.10. The summed E-state index contributed by atoms with van der Waals surface area (Å²) in [5.41, 5.74) is 0.